The number of benzene rings is 2. The number of rotatable bonds is 32. The standard InChI is InChI=1S/C66H78N2O4S5/c1-9-15-19-22-23-32-53-60(76-65-62(53)77-61-52(28-13-5)56(73-64(61)65)41-49(44-67)66(69)70)57-43-55(72-38-27-21-17-11-3)63(75-57)58-42-54(71-37-26-20-16-10-2)59(74-58)48(39-45(7)8)35-36-68(50(14-6)31-18-12-4)51-34-33-46-29-24-25-30-47(46)40-51/h12,14,18,24-25,29-31,33-36,39-43,45H,6,9-11,13,15-17,19-23,26-28,32,37-38H2,1-5,7-8H3,(H,69,70)/b18-12-,36-35+,48-39+,49-41-,50-31+. The van der Waals surface area contributed by atoms with Crippen LogP contribution in [0.4, 0.5) is 5.69 Å². The molecule has 1 N–H and O–H groups in total. The number of thiophene rings is 5. The second kappa shape index (κ2) is 30.0. The summed E-state index contributed by atoms with van der Waals surface area (Å²) in [5.74, 6) is 0.886. The van der Waals surface area contributed by atoms with Crippen LogP contribution in [0.15, 0.2) is 115 Å². The van der Waals surface area contributed by atoms with Crippen LogP contribution in [-0.4, -0.2) is 24.3 Å². The van der Waals surface area contributed by atoms with Crippen molar-refractivity contribution in [1.29, 1.82) is 5.26 Å². The molecule has 5 aromatic heterocycles. The Morgan fingerprint density at radius 1 is 0.714 bits per heavy atom. The molecule has 2 aromatic carbocycles. The van der Waals surface area contributed by atoms with Gasteiger partial charge in [-0.3, -0.25) is 0 Å². The molecule has 7 aromatic rings. The van der Waals surface area contributed by atoms with Crippen molar-refractivity contribution in [3.8, 4) is 37.1 Å². The van der Waals surface area contributed by atoms with Gasteiger partial charge in [-0.15, -0.1) is 56.7 Å². The average molecular weight is 1120 g/mol. The summed E-state index contributed by atoms with van der Waals surface area (Å²) in [7, 11) is 0. The van der Waals surface area contributed by atoms with Crippen molar-refractivity contribution in [1.82, 2.24) is 0 Å². The first kappa shape index (κ1) is 59.2. The van der Waals surface area contributed by atoms with E-state index >= 15 is 0 Å². The fraction of sp³-hybridized carbons (Fsp3) is 0.394. The highest BCUT2D eigenvalue weighted by molar-refractivity contribution is 7.40. The van der Waals surface area contributed by atoms with Gasteiger partial charge in [0.25, 0.3) is 0 Å². The predicted octanol–water partition coefficient (Wildman–Crippen LogP) is 21.9. The van der Waals surface area contributed by atoms with Crippen molar-refractivity contribution in [3.05, 3.63) is 136 Å². The fourth-order valence-corrected chi connectivity index (χ4v) is 16.6. The number of anilines is 1. The van der Waals surface area contributed by atoms with Gasteiger partial charge in [-0.1, -0.05) is 167 Å². The van der Waals surface area contributed by atoms with Gasteiger partial charge in [-0.05, 0) is 109 Å². The first-order valence-electron chi connectivity index (χ1n) is 28.1. The van der Waals surface area contributed by atoms with Crippen LogP contribution in [0, 0.1) is 17.2 Å². The van der Waals surface area contributed by atoms with Gasteiger partial charge in [0.15, 0.2) is 0 Å². The van der Waals surface area contributed by atoms with E-state index in [1.165, 1.54) is 96.3 Å². The van der Waals surface area contributed by atoms with Crippen molar-refractivity contribution in [2.45, 2.75) is 151 Å². The molecule has 406 valence electrons. The van der Waals surface area contributed by atoms with E-state index in [-0.39, 0.29) is 11.5 Å². The maximum absolute atomic E-state index is 12.0. The Balaban J connectivity index is 1.39. The molecule has 0 aliphatic heterocycles. The van der Waals surface area contributed by atoms with Crippen LogP contribution in [0.5, 0.6) is 11.5 Å². The molecule has 0 aliphatic rings. The van der Waals surface area contributed by atoms with E-state index in [0.29, 0.717) is 13.2 Å². The third kappa shape index (κ3) is 15.2. The second-order valence-corrected chi connectivity index (χ2v) is 25.2. The van der Waals surface area contributed by atoms with Gasteiger partial charge >= 0.3 is 5.97 Å². The number of carboxylic acids is 1. The summed E-state index contributed by atoms with van der Waals surface area (Å²) in [4.78, 5) is 21.0. The lowest BCUT2D eigenvalue weighted by molar-refractivity contribution is -0.132. The Hall–Kier alpha value is -5.48. The number of allylic oxidation sites excluding steroid dienone is 7. The Morgan fingerprint density at radius 2 is 1.36 bits per heavy atom. The Bertz CT molecular complexity index is 3280. The molecule has 0 saturated carbocycles. The monoisotopic (exact) mass is 1120 g/mol. The number of hydrogen-bond donors (Lipinski definition) is 1. The molecule has 0 bridgehead atoms. The van der Waals surface area contributed by atoms with E-state index in [4.69, 9.17) is 9.47 Å². The maximum atomic E-state index is 12.0. The van der Waals surface area contributed by atoms with Crippen LogP contribution in [0.1, 0.15) is 159 Å². The second-order valence-electron chi connectivity index (χ2n) is 20.0. The van der Waals surface area contributed by atoms with E-state index in [1.54, 1.807) is 28.7 Å². The minimum atomic E-state index is -1.19. The summed E-state index contributed by atoms with van der Waals surface area (Å²) in [5, 5.41) is 22.0. The molecular formula is C66H78N2O4S5. The van der Waals surface area contributed by atoms with E-state index < -0.39 is 5.97 Å². The molecule has 11 heteroatoms. The minimum Gasteiger partial charge on any atom is -0.492 e. The summed E-state index contributed by atoms with van der Waals surface area (Å²) in [5.41, 5.74) is 5.45. The number of unbranched alkanes of at least 4 members (excludes halogenated alkanes) is 10. The molecule has 0 atom stereocenters. The topological polar surface area (TPSA) is 82.8 Å². The Morgan fingerprint density at radius 3 is 2.03 bits per heavy atom. The van der Waals surface area contributed by atoms with Crippen LogP contribution < -0.4 is 14.4 Å². The number of ether oxygens (including phenoxy) is 2. The first-order chi connectivity index (χ1) is 37.6. The zero-order chi connectivity index (χ0) is 54.7. The fourth-order valence-electron chi connectivity index (χ4n) is 9.53. The van der Waals surface area contributed by atoms with Gasteiger partial charge in [-0.25, -0.2) is 4.79 Å². The van der Waals surface area contributed by atoms with Crippen molar-refractivity contribution < 1.29 is 19.4 Å². The first-order valence-corrected chi connectivity index (χ1v) is 32.2. The quantitative estimate of drug-likeness (QED) is 0.0196. The molecule has 0 fully saturated rings. The van der Waals surface area contributed by atoms with Crippen LogP contribution in [0.3, 0.4) is 0 Å². The lowest BCUT2D eigenvalue weighted by Gasteiger charge is -2.22. The number of aliphatic carboxylic acids is 1. The van der Waals surface area contributed by atoms with E-state index in [0.717, 1.165) is 105 Å². The minimum absolute atomic E-state index is 0.229. The zero-order valence-corrected chi connectivity index (χ0v) is 50.5. The predicted molar refractivity (Wildman–Crippen MR) is 340 cm³/mol. The van der Waals surface area contributed by atoms with Crippen LogP contribution in [0.25, 0.3) is 60.7 Å². The summed E-state index contributed by atoms with van der Waals surface area (Å²) in [6.07, 6.45) is 34.2. The molecule has 77 heavy (non-hydrogen) atoms. The van der Waals surface area contributed by atoms with Crippen molar-refractivity contribution in [2.24, 2.45) is 5.92 Å². The van der Waals surface area contributed by atoms with Crippen molar-refractivity contribution in [3.63, 3.8) is 0 Å². The van der Waals surface area contributed by atoms with E-state index in [9.17, 15) is 15.2 Å². The highest BCUT2D eigenvalue weighted by atomic mass is 32.1. The molecule has 0 amide bonds. The Kier molecular flexibility index (Phi) is 23.1. The van der Waals surface area contributed by atoms with Crippen LogP contribution in [0.2, 0.25) is 0 Å². The van der Waals surface area contributed by atoms with Gasteiger partial charge in [0.1, 0.15) is 23.1 Å². The highest BCUT2D eigenvalue weighted by Gasteiger charge is 2.27. The van der Waals surface area contributed by atoms with Crippen molar-refractivity contribution >= 4 is 110 Å². The summed E-state index contributed by atoms with van der Waals surface area (Å²) < 4.78 is 18.9. The number of hydrogen-bond acceptors (Lipinski definition) is 10. The van der Waals surface area contributed by atoms with Crippen LogP contribution >= 0.6 is 56.7 Å². The maximum Gasteiger partial charge on any atom is 0.346 e. The summed E-state index contributed by atoms with van der Waals surface area (Å²) >= 11 is 8.99. The molecule has 0 aliphatic carbocycles. The molecule has 7 rings (SSSR count). The summed E-state index contributed by atoms with van der Waals surface area (Å²) in [6, 6.07) is 21.6. The average Bonchev–Trinajstić information content (AvgIpc) is 4.27. The molecule has 0 unspecified atom stereocenters. The van der Waals surface area contributed by atoms with Gasteiger partial charge in [0.2, 0.25) is 0 Å². The number of aryl methyl sites for hydroxylation is 2. The van der Waals surface area contributed by atoms with E-state index in [1.807, 2.05) is 59.2 Å². The lowest BCUT2D eigenvalue weighted by Crippen LogP contribution is -2.14. The smallest absolute Gasteiger partial charge is 0.346 e. The number of nitrogens with zero attached hydrogens (tertiary/aromatic N) is 2. The Labute approximate surface area is 479 Å². The van der Waals surface area contributed by atoms with Gasteiger partial charge in [0, 0.05) is 44.3 Å². The number of carbonyl (C=O) groups is 1. The number of carboxylic acid groups (broad SMARTS) is 1. The normalized spacial score (nSPS) is 12.6. The number of nitriles is 1. The molecule has 5 heterocycles. The highest BCUT2D eigenvalue weighted by Crippen LogP contribution is 2.56. The zero-order valence-electron chi connectivity index (χ0n) is 46.4. The third-order valence-corrected chi connectivity index (χ3v) is 20.3. The molecule has 0 radical (unpaired) electrons. The largest absolute Gasteiger partial charge is 0.492 e. The molecular weight excluding hydrogens is 1050 g/mol. The van der Waals surface area contributed by atoms with Gasteiger partial charge < -0.3 is 19.5 Å². The third-order valence-electron chi connectivity index (χ3n) is 13.5. The molecule has 0 spiro atoms. The molecule has 0 saturated heterocycles. The molecule has 6 nitrogen and oxygen atoms in total. The van der Waals surface area contributed by atoms with E-state index in [2.05, 4.69) is 138 Å². The van der Waals surface area contributed by atoms with Crippen molar-refractivity contribution in [2.75, 3.05) is 18.1 Å². The van der Waals surface area contributed by atoms with Gasteiger partial charge in [0.05, 0.1) is 46.6 Å². The van der Waals surface area contributed by atoms with Crippen LogP contribution in [-0.2, 0) is 17.6 Å². The SMILES string of the molecule is C=C/C(=C\C=C/C)N(/C=C/C(=C\C(C)C)c1sc(-c2sc(-c3sc4c(sc5c(CCC)c(/C=C(/C#N)C(=O)O)sc54)c3CCCCCCC)cc2OCCCCCC)cc1OCCCCCC)c1ccc2ccccc2c1. The number of fused-ring (bicyclic) bond motifs is 4. The lowest BCUT2D eigenvalue weighted by atomic mass is 10.1. The summed E-state index contributed by atoms with van der Waals surface area (Å²) in [6.45, 7) is 21.0. The van der Waals surface area contributed by atoms with Gasteiger partial charge in [-0.2, -0.15) is 5.26 Å².